The molecule has 41 heavy (non-hydrogen) atoms. The molecular weight excluding hydrogens is 532 g/mol. The zero-order valence-electron chi connectivity index (χ0n) is 22.7. The molecule has 2 aliphatic rings. The highest BCUT2D eigenvalue weighted by atomic mass is 32.1. The SMILES string of the molecule is C[C@@H](c1ccc2scnc2c1)N1CCC2(CC1)C(=O)N(Cc1ccc(C#N)cc1)C(=O)N2Cc1ccc(C#N)cc1. The fraction of sp³-hybridized carbons (Fsp3) is 0.281. The van der Waals surface area contributed by atoms with Crippen molar-refractivity contribution in [3.63, 3.8) is 0 Å². The first-order valence-electron chi connectivity index (χ1n) is 13.6. The Labute approximate surface area is 242 Å². The van der Waals surface area contributed by atoms with E-state index < -0.39 is 5.54 Å². The van der Waals surface area contributed by atoms with Crippen molar-refractivity contribution in [1.29, 1.82) is 10.5 Å². The number of benzene rings is 3. The molecule has 6 rings (SSSR count). The number of urea groups is 1. The van der Waals surface area contributed by atoms with Crippen LogP contribution in [0.3, 0.4) is 0 Å². The van der Waals surface area contributed by atoms with Gasteiger partial charge >= 0.3 is 6.03 Å². The van der Waals surface area contributed by atoms with Crippen LogP contribution in [0.4, 0.5) is 4.79 Å². The first-order chi connectivity index (χ1) is 19.9. The van der Waals surface area contributed by atoms with Crippen LogP contribution in [-0.2, 0) is 17.9 Å². The molecule has 1 atom stereocenters. The van der Waals surface area contributed by atoms with Gasteiger partial charge < -0.3 is 4.90 Å². The van der Waals surface area contributed by atoms with E-state index in [1.165, 1.54) is 10.5 Å². The number of amides is 3. The predicted molar refractivity (Wildman–Crippen MR) is 155 cm³/mol. The van der Waals surface area contributed by atoms with Crippen molar-refractivity contribution in [3.8, 4) is 12.1 Å². The Kier molecular flexibility index (Phi) is 7.00. The number of thiazole rings is 1. The summed E-state index contributed by atoms with van der Waals surface area (Å²) in [7, 11) is 0. The fourth-order valence-corrected chi connectivity index (χ4v) is 6.64. The summed E-state index contributed by atoms with van der Waals surface area (Å²) in [5, 5.41) is 18.3. The van der Waals surface area contributed by atoms with Crippen LogP contribution in [0.2, 0.25) is 0 Å². The Hall–Kier alpha value is -4.57. The Morgan fingerprint density at radius 2 is 1.51 bits per heavy atom. The molecule has 3 heterocycles. The molecule has 0 radical (unpaired) electrons. The predicted octanol–water partition coefficient (Wildman–Crippen LogP) is 5.60. The average Bonchev–Trinajstić information content (AvgIpc) is 3.56. The van der Waals surface area contributed by atoms with Crippen molar-refractivity contribution in [1.82, 2.24) is 19.7 Å². The van der Waals surface area contributed by atoms with Crippen molar-refractivity contribution in [3.05, 3.63) is 100 Å². The van der Waals surface area contributed by atoms with Gasteiger partial charge in [-0.25, -0.2) is 9.78 Å². The number of nitriles is 2. The van der Waals surface area contributed by atoms with Crippen LogP contribution in [0, 0.1) is 22.7 Å². The van der Waals surface area contributed by atoms with Gasteiger partial charge in [-0.05, 0) is 72.9 Å². The lowest BCUT2D eigenvalue weighted by molar-refractivity contribution is -0.136. The van der Waals surface area contributed by atoms with Gasteiger partial charge in [0.1, 0.15) is 5.54 Å². The van der Waals surface area contributed by atoms with Gasteiger partial charge in [0.2, 0.25) is 0 Å². The Morgan fingerprint density at radius 1 is 0.902 bits per heavy atom. The second kappa shape index (κ2) is 10.8. The van der Waals surface area contributed by atoms with Crippen LogP contribution in [0.1, 0.15) is 53.6 Å². The first kappa shape index (κ1) is 26.6. The third-order valence-corrected chi connectivity index (χ3v) is 9.29. The van der Waals surface area contributed by atoms with Crippen LogP contribution in [0.5, 0.6) is 0 Å². The van der Waals surface area contributed by atoms with E-state index in [-0.39, 0.29) is 31.1 Å². The van der Waals surface area contributed by atoms with Crippen molar-refractivity contribution < 1.29 is 9.59 Å². The number of carbonyl (C=O) groups is 2. The summed E-state index contributed by atoms with van der Waals surface area (Å²) >= 11 is 1.63. The summed E-state index contributed by atoms with van der Waals surface area (Å²) < 4.78 is 1.16. The van der Waals surface area contributed by atoms with E-state index in [1.54, 1.807) is 52.6 Å². The molecule has 1 spiro atoms. The maximum atomic E-state index is 14.1. The van der Waals surface area contributed by atoms with Crippen molar-refractivity contribution >= 4 is 33.5 Å². The minimum Gasteiger partial charge on any atom is -0.305 e. The summed E-state index contributed by atoms with van der Waals surface area (Å²) in [6.45, 7) is 3.96. The Balaban J connectivity index is 1.26. The van der Waals surface area contributed by atoms with E-state index in [2.05, 4.69) is 47.1 Å². The van der Waals surface area contributed by atoms with Crippen LogP contribution in [0.25, 0.3) is 10.2 Å². The lowest BCUT2D eigenvalue weighted by Gasteiger charge is -2.44. The number of fused-ring (bicyclic) bond motifs is 1. The van der Waals surface area contributed by atoms with Crippen molar-refractivity contribution in [2.45, 2.75) is 44.4 Å². The van der Waals surface area contributed by atoms with Crippen LogP contribution < -0.4 is 0 Å². The lowest BCUT2D eigenvalue weighted by atomic mass is 9.84. The zero-order chi connectivity index (χ0) is 28.6. The number of likely N-dealkylation sites (tertiary alicyclic amines) is 1. The maximum absolute atomic E-state index is 14.1. The zero-order valence-corrected chi connectivity index (χ0v) is 23.5. The van der Waals surface area contributed by atoms with E-state index in [4.69, 9.17) is 5.26 Å². The number of piperidine rings is 1. The number of imide groups is 1. The standard InChI is InChI=1S/C32H28N6O2S/c1-22(27-10-11-29-28(16-27)35-21-41-29)36-14-12-32(13-15-36)30(39)37(19-25-6-2-23(17-33)3-7-25)31(40)38(32)20-26-8-4-24(18-34)5-9-26/h2-11,16,21-22H,12-15,19-20H2,1H3/t22-/m0/s1. The van der Waals surface area contributed by atoms with Gasteiger partial charge in [0.05, 0.1) is 45.5 Å². The summed E-state index contributed by atoms with van der Waals surface area (Å²) in [5.41, 5.74) is 5.85. The minimum atomic E-state index is -0.938. The molecule has 4 aromatic rings. The van der Waals surface area contributed by atoms with E-state index in [0.29, 0.717) is 37.1 Å². The van der Waals surface area contributed by atoms with Gasteiger partial charge in [-0.1, -0.05) is 30.3 Å². The summed E-state index contributed by atoms with van der Waals surface area (Å²) in [5.74, 6) is -0.170. The molecule has 0 saturated carbocycles. The molecule has 3 amide bonds. The molecule has 2 aliphatic heterocycles. The number of hydrogen-bond donors (Lipinski definition) is 0. The van der Waals surface area contributed by atoms with E-state index in [9.17, 15) is 14.9 Å². The number of aromatic nitrogens is 1. The molecule has 0 bridgehead atoms. The van der Waals surface area contributed by atoms with Gasteiger partial charge in [0, 0.05) is 25.7 Å². The summed E-state index contributed by atoms with van der Waals surface area (Å²) in [4.78, 5) is 38.0. The van der Waals surface area contributed by atoms with Gasteiger partial charge in [0.15, 0.2) is 0 Å². The molecule has 9 heteroatoms. The monoisotopic (exact) mass is 560 g/mol. The molecule has 2 fully saturated rings. The number of carbonyl (C=O) groups excluding carboxylic acids is 2. The molecule has 8 nitrogen and oxygen atoms in total. The largest absolute Gasteiger partial charge is 0.328 e. The molecule has 3 aromatic carbocycles. The third-order valence-electron chi connectivity index (χ3n) is 8.48. The number of nitrogens with zero attached hydrogens (tertiary/aromatic N) is 6. The normalized spacial score (nSPS) is 17.6. The Bertz CT molecular complexity index is 1690. The van der Waals surface area contributed by atoms with Gasteiger partial charge in [0.25, 0.3) is 5.91 Å². The number of hydrogen-bond acceptors (Lipinski definition) is 7. The second-order valence-electron chi connectivity index (χ2n) is 10.7. The van der Waals surface area contributed by atoms with Crippen LogP contribution >= 0.6 is 11.3 Å². The van der Waals surface area contributed by atoms with Gasteiger partial charge in [-0.15, -0.1) is 11.3 Å². The fourth-order valence-electron chi connectivity index (χ4n) is 5.99. The molecule has 0 N–H and O–H groups in total. The third kappa shape index (κ3) is 4.84. The highest BCUT2D eigenvalue weighted by molar-refractivity contribution is 7.16. The molecule has 2 saturated heterocycles. The highest BCUT2D eigenvalue weighted by Crippen LogP contribution is 2.41. The number of rotatable bonds is 6. The first-order valence-corrected chi connectivity index (χ1v) is 14.5. The van der Waals surface area contributed by atoms with Crippen molar-refractivity contribution in [2.24, 2.45) is 0 Å². The molecule has 1 aromatic heterocycles. The second-order valence-corrected chi connectivity index (χ2v) is 11.6. The molecule has 204 valence electrons. The quantitative estimate of drug-likeness (QED) is 0.284. The van der Waals surface area contributed by atoms with Crippen molar-refractivity contribution in [2.75, 3.05) is 13.1 Å². The summed E-state index contributed by atoms with van der Waals surface area (Å²) in [6.07, 6.45) is 1.06. The van der Waals surface area contributed by atoms with E-state index in [0.717, 1.165) is 21.3 Å². The summed E-state index contributed by atoms with van der Waals surface area (Å²) in [6, 6.07) is 24.6. The molecule has 0 aliphatic carbocycles. The lowest BCUT2D eigenvalue weighted by Crippen LogP contribution is -2.56. The van der Waals surface area contributed by atoms with Gasteiger partial charge in [-0.2, -0.15) is 10.5 Å². The maximum Gasteiger partial charge on any atom is 0.328 e. The highest BCUT2D eigenvalue weighted by Gasteiger charge is 2.58. The van der Waals surface area contributed by atoms with Crippen LogP contribution in [0.15, 0.2) is 72.2 Å². The van der Waals surface area contributed by atoms with Crippen LogP contribution in [-0.4, -0.2) is 50.3 Å². The topological polar surface area (TPSA) is 104 Å². The average molecular weight is 561 g/mol. The van der Waals surface area contributed by atoms with Gasteiger partial charge in [-0.3, -0.25) is 14.6 Å². The van der Waals surface area contributed by atoms with E-state index in [1.807, 2.05) is 17.6 Å². The molecular formula is C32H28N6O2S. The Morgan fingerprint density at radius 3 is 2.12 bits per heavy atom. The molecule has 0 unspecified atom stereocenters. The minimum absolute atomic E-state index is 0.146. The smallest absolute Gasteiger partial charge is 0.305 e. The van der Waals surface area contributed by atoms with E-state index >= 15 is 0 Å².